The van der Waals surface area contributed by atoms with Gasteiger partial charge in [0.15, 0.2) is 0 Å². The zero-order chi connectivity index (χ0) is 13.8. The Morgan fingerprint density at radius 3 is 2.68 bits per heavy atom. The second-order valence-corrected chi connectivity index (χ2v) is 4.28. The van der Waals surface area contributed by atoms with E-state index in [1.165, 1.54) is 0 Å². The Hall–Kier alpha value is -2.33. The van der Waals surface area contributed by atoms with E-state index in [-0.39, 0.29) is 23.8 Å². The van der Waals surface area contributed by atoms with Crippen LogP contribution in [0.4, 0.5) is 5.69 Å². The minimum atomic E-state index is -0.378. The molecule has 0 aliphatic carbocycles. The van der Waals surface area contributed by atoms with E-state index >= 15 is 0 Å². The number of hydrogen-bond donors (Lipinski definition) is 3. The van der Waals surface area contributed by atoms with Gasteiger partial charge in [0.2, 0.25) is 0 Å². The molecule has 4 nitrogen and oxygen atoms in total. The summed E-state index contributed by atoms with van der Waals surface area (Å²) in [5, 5.41) is 21.6. The van der Waals surface area contributed by atoms with Gasteiger partial charge in [-0.3, -0.25) is 4.79 Å². The number of phenolic OH excluding ortho intramolecular Hbond substituents is 1. The van der Waals surface area contributed by atoms with Crippen LogP contribution in [0, 0.1) is 6.92 Å². The Labute approximate surface area is 111 Å². The van der Waals surface area contributed by atoms with E-state index in [1.807, 2.05) is 0 Å². The topological polar surface area (TPSA) is 69.6 Å². The molecule has 0 bridgehead atoms. The highest BCUT2D eigenvalue weighted by molar-refractivity contribution is 6.06. The summed E-state index contributed by atoms with van der Waals surface area (Å²) in [5.41, 5.74) is 2.18. The number of para-hydroxylation sites is 1. The molecule has 19 heavy (non-hydrogen) atoms. The van der Waals surface area contributed by atoms with Crippen LogP contribution in [0.5, 0.6) is 5.75 Å². The van der Waals surface area contributed by atoms with Crippen molar-refractivity contribution in [1.29, 1.82) is 0 Å². The molecule has 0 aromatic heterocycles. The molecule has 0 aliphatic rings. The van der Waals surface area contributed by atoms with Gasteiger partial charge >= 0.3 is 0 Å². The number of rotatable bonds is 3. The number of anilines is 1. The lowest BCUT2D eigenvalue weighted by molar-refractivity contribution is 0.102. The van der Waals surface area contributed by atoms with Crippen molar-refractivity contribution in [3.8, 4) is 5.75 Å². The highest BCUT2D eigenvalue weighted by Gasteiger charge is 2.12. The second kappa shape index (κ2) is 5.54. The van der Waals surface area contributed by atoms with Gasteiger partial charge in [0, 0.05) is 5.69 Å². The van der Waals surface area contributed by atoms with E-state index < -0.39 is 0 Å². The number of carbonyl (C=O) groups excluding carboxylic acids is 1. The smallest absolute Gasteiger partial charge is 0.259 e. The molecular weight excluding hydrogens is 242 g/mol. The van der Waals surface area contributed by atoms with E-state index in [4.69, 9.17) is 5.11 Å². The minimum absolute atomic E-state index is 0.0155. The number of aryl methyl sites for hydroxylation is 1. The van der Waals surface area contributed by atoms with Crippen LogP contribution in [0.15, 0.2) is 42.5 Å². The molecule has 0 spiro atoms. The van der Waals surface area contributed by atoms with Crippen LogP contribution in [0.25, 0.3) is 0 Å². The Morgan fingerprint density at radius 2 is 1.95 bits per heavy atom. The summed E-state index contributed by atoms with van der Waals surface area (Å²) in [4.78, 5) is 12.1. The quantitative estimate of drug-likeness (QED) is 0.791. The number of benzene rings is 2. The lowest BCUT2D eigenvalue weighted by Gasteiger charge is -2.09. The highest BCUT2D eigenvalue weighted by atomic mass is 16.3. The summed E-state index contributed by atoms with van der Waals surface area (Å²) in [5.74, 6) is -0.394. The molecule has 0 fully saturated rings. The fourth-order valence-corrected chi connectivity index (χ4v) is 1.79. The van der Waals surface area contributed by atoms with Crippen LogP contribution >= 0.6 is 0 Å². The maximum absolute atomic E-state index is 12.1. The summed E-state index contributed by atoms with van der Waals surface area (Å²) < 4.78 is 0. The van der Waals surface area contributed by atoms with Gasteiger partial charge in [-0.15, -0.1) is 0 Å². The van der Waals surface area contributed by atoms with Crippen LogP contribution in [0.2, 0.25) is 0 Å². The van der Waals surface area contributed by atoms with Crippen molar-refractivity contribution < 1.29 is 15.0 Å². The molecule has 2 aromatic carbocycles. The van der Waals surface area contributed by atoms with Crippen molar-refractivity contribution in [2.24, 2.45) is 0 Å². The molecule has 0 aliphatic heterocycles. The summed E-state index contributed by atoms with van der Waals surface area (Å²) in [6.45, 7) is 1.65. The van der Waals surface area contributed by atoms with Gasteiger partial charge in [-0.1, -0.05) is 24.3 Å². The number of aliphatic hydroxyl groups excluding tert-OH is 1. The fourth-order valence-electron chi connectivity index (χ4n) is 1.79. The summed E-state index contributed by atoms with van der Waals surface area (Å²) in [6, 6.07) is 11.9. The van der Waals surface area contributed by atoms with Gasteiger partial charge in [0.1, 0.15) is 5.75 Å². The first-order valence-electron chi connectivity index (χ1n) is 5.91. The summed E-state index contributed by atoms with van der Waals surface area (Å²) in [6.07, 6.45) is 0. The number of amides is 1. The number of hydrogen-bond acceptors (Lipinski definition) is 3. The fraction of sp³-hybridized carbons (Fsp3) is 0.133. The molecule has 4 heteroatoms. The van der Waals surface area contributed by atoms with Crippen LogP contribution in [-0.4, -0.2) is 16.1 Å². The normalized spacial score (nSPS) is 10.2. The Balaban J connectivity index is 2.23. The van der Waals surface area contributed by atoms with E-state index in [9.17, 15) is 9.90 Å². The van der Waals surface area contributed by atoms with Crippen LogP contribution in [-0.2, 0) is 6.61 Å². The highest BCUT2D eigenvalue weighted by Crippen LogP contribution is 2.22. The average Bonchev–Trinajstić information content (AvgIpc) is 2.42. The van der Waals surface area contributed by atoms with Crippen LogP contribution < -0.4 is 5.32 Å². The predicted octanol–water partition coefficient (Wildman–Crippen LogP) is 2.45. The molecule has 0 saturated heterocycles. The second-order valence-electron chi connectivity index (χ2n) is 4.28. The van der Waals surface area contributed by atoms with E-state index in [0.717, 1.165) is 0 Å². The summed E-state index contributed by atoms with van der Waals surface area (Å²) >= 11 is 0. The van der Waals surface area contributed by atoms with Gasteiger partial charge in [-0.05, 0) is 36.2 Å². The standard InChI is InChI=1S/C15H15NO3/c1-10-4-2-7-13(14(10)18)15(19)16-12-6-3-5-11(8-12)9-17/h2-8,17-18H,9H2,1H3,(H,16,19). The van der Waals surface area contributed by atoms with Gasteiger partial charge < -0.3 is 15.5 Å². The van der Waals surface area contributed by atoms with Gasteiger partial charge in [0.05, 0.1) is 12.2 Å². The Morgan fingerprint density at radius 1 is 1.21 bits per heavy atom. The van der Waals surface area contributed by atoms with Gasteiger partial charge in [0.25, 0.3) is 5.91 Å². The molecule has 2 aromatic rings. The third-order valence-electron chi connectivity index (χ3n) is 2.85. The predicted molar refractivity (Wildman–Crippen MR) is 73.2 cm³/mol. The molecule has 1 amide bonds. The molecule has 98 valence electrons. The zero-order valence-corrected chi connectivity index (χ0v) is 10.6. The van der Waals surface area contributed by atoms with Crippen LogP contribution in [0.3, 0.4) is 0 Å². The van der Waals surface area contributed by atoms with E-state index in [1.54, 1.807) is 49.4 Å². The largest absolute Gasteiger partial charge is 0.507 e. The summed E-state index contributed by atoms with van der Waals surface area (Å²) in [7, 11) is 0. The number of aliphatic hydroxyl groups is 1. The molecular formula is C15H15NO3. The molecule has 0 radical (unpaired) electrons. The van der Waals surface area contributed by atoms with Gasteiger partial charge in [-0.25, -0.2) is 0 Å². The van der Waals surface area contributed by atoms with Crippen molar-refractivity contribution in [2.45, 2.75) is 13.5 Å². The maximum atomic E-state index is 12.1. The lowest BCUT2D eigenvalue weighted by atomic mass is 10.1. The Kier molecular flexibility index (Phi) is 3.82. The van der Waals surface area contributed by atoms with Crippen LogP contribution in [0.1, 0.15) is 21.5 Å². The van der Waals surface area contributed by atoms with Crippen molar-refractivity contribution in [1.82, 2.24) is 0 Å². The van der Waals surface area contributed by atoms with Crippen molar-refractivity contribution >= 4 is 11.6 Å². The molecule has 0 atom stereocenters. The van der Waals surface area contributed by atoms with Gasteiger partial charge in [-0.2, -0.15) is 0 Å². The number of carbonyl (C=O) groups is 1. The number of nitrogens with one attached hydrogen (secondary N) is 1. The Bertz CT molecular complexity index is 608. The molecule has 0 saturated carbocycles. The lowest BCUT2D eigenvalue weighted by Crippen LogP contribution is -2.12. The molecule has 0 unspecified atom stereocenters. The van der Waals surface area contributed by atoms with E-state index in [2.05, 4.69) is 5.32 Å². The number of aromatic hydroxyl groups is 1. The first-order chi connectivity index (χ1) is 9.11. The SMILES string of the molecule is Cc1cccc(C(=O)Nc2cccc(CO)c2)c1O. The average molecular weight is 257 g/mol. The zero-order valence-electron chi connectivity index (χ0n) is 10.6. The first-order valence-corrected chi connectivity index (χ1v) is 5.91. The van der Waals surface area contributed by atoms with Crippen molar-refractivity contribution in [2.75, 3.05) is 5.32 Å². The first kappa shape index (κ1) is 13.1. The minimum Gasteiger partial charge on any atom is -0.507 e. The molecule has 0 heterocycles. The third kappa shape index (κ3) is 2.92. The van der Waals surface area contributed by atoms with Crippen molar-refractivity contribution in [3.63, 3.8) is 0 Å². The van der Waals surface area contributed by atoms with Crippen molar-refractivity contribution in [3.05, 3.63) is 59.2 Å². The number of phenols is 1. The molecule has 3 N–H and O–H groups in total. The third-order valence-corrected chi connectivity index (χ3v) is 2.85. The monoisotopic (exact) mass is 257 g/mol. The van der Waals surface area contributed by atoms with E-state index in [0.29, 0.717) is 16.8 Å². The molecule has 2 rings (SSSR count). The maximum Gasteiger partial charge on any atom is 0.259 e.